The lowest BCUT2D eigenvalue weighted by Gasteiger charge is -2.10. The SMILES string of the molecule is CCOC(=O)c1ccn(-c2cccc(NC(=O)Cn3cnc4c(C)cccc4c3=O)c2)n1. The van der Waals surface area contributed by atoms with E-state index < -0.39 is 5.97 Å². The third kappa shape index (κ3) is 4.27. The second kappa shape index (κ2) is 8.84. The summed E-state index contributed by atoms with van der Waals surface area (Å²) in [7, 11) is 0. The van der Waals surface area contributed by atoms with Gasteiger partial charge >= 0.3 is 5.97 Å². The Bertz CT molecular complexity index is 1370. The highest BCUT2D eigenvalue weighted by molar-refractivity contribution is 5.91. The van der Waals surface area contributed by atoms with Crippen LogP contribution in [0, 0.1) is 6.92 Å². The predicted molar refractivity (Wildman–Crippen MR) is 119 cm³/mol. The summed E-state index contributed by atoms with van der Waals surface area (Å²) in [6.07, 6.45) is 3.02. The number of fused-ring (bicyclic) bond motifs is 1. The van der Waals surface area contributed by atoms with Gasteiger partial charge < -0.3 is 10.1 Å². The molecule has 0 radical (unpaired) electrons. The lowest BCUT2D eigenvalue weighted by atomic mass is 10.1. The van der Waals surface area contributed by atoms with Crippen LogP contribution in [0.1, 0.15) is 23.0 Å². The first kappa shape index (κ1) is 21.0. The lowest BCUT2D eigenvalue weighted by molar-refractivity contribution is -0.116. The molecule has 2 heterocycles. The number of carbonyl (C=O) groups is 2. The van der Waals surface area contributed by atoms with Crippen LogP contribution in [0.15, 0.2) is 65.8 Å². The quantitative estimate of drug-likeness (QED) is 0.470. The van der Waals surface area contributed by atoms with E-state index in [0.717, 1.165) is 5.56 Å². The summed E-state index contributed by atoms with van der Waals surface area (Å²) in [5, 5.41) is 7.46. The highest BCUT2D eigenvalue weighted by Crippen LogP contribution is 2.15. The molecule has 0 fully saturated rings. The first-order valence-electron chi connectivity index (χ1n) is 10.0. The van der Waals surface area contributed by atoms with Crippen molar-refractivity contribution in [3.8, 4) is 5.69 Å². The number of aromatic nitrogens is 4. The smallest absolute Gasteiger partial charge is 0.358 e. The zero-order chi connectivity index (χ0) is 22.7. The van der Waals surface area contributed by atoms with Crippen LogP contribution in [-0.4, -0.2) is 37.8 Å². The zero-order valence-electron chi connectivity index (χ0n) is 17.6. The summed E-state index contributed by atoms with van der Waals surface area (Å²) in [4.78, 5) is 41.4. The van der Waals surface area contributed by atoms with Gasteiger partial charge in [0.15, 0.2) is 5.69 Å². The van der Waals surface area contributed by atoms with Gasteiger partial charge in [0.2, 0.25) is 5.91 Å². The van der Waals surface area contributed by atoms with Crippen molar-refractivity contribution < 1.29 is 14.3 Å². The standard InChI is InChI=1S/C23H21N5O4/c1-3-32-23(31)19-10-11-28(26-19)17-8-5-7-16(12-17)25-20(29)13-27-14-24-21-15(2)6-4-9-18(21)22(27)30/h4-12,14H,3,13H2,1-2H3,(H,25,29). The van der Waals surface area contributed by atoms with E-state index in [1.807, 2.05) is 13.0 Å². The number of rotatable bonds is 6. The average Bonchev–Trinajstić information content (AvgIpc) is 3.27. The van der Waals surface area contributed by atoms with Crippen LogP contribution in [-0.2, 0) is 16.1 Å². The Labute approximate surface area is 183 Å². The molecule has 4 aromatic rings. The summed E-state index contributed by atoms with van der Waals surface area (Å²) in [5.41, 5.74) is 2.63. The van der Waals surface area contributed by atoms with E-state index in [2.05, 4.69) is 15.4 Å². The number of amides is 1. The van der Waals surface area contributed by atoms with Crippen LogP contribution in [0.5, 0.6) is 0 Å². The molecular formula is C23H21N5O4. The summed E-state index contributed by atoms with van der Waals surface area (Å²) < 4.78 is 7.74. The van der Waals surface area contributed by atoms with Gasteiger partial charge in [0.1, 0.15) is 6.54 Å². The van der Waals surface area contributed by atoms with Gasteiger partial charge in [-0.2, -0.15) is 5.10 Å². The molecule has 1 N–H and O–H groups in total. The molecule has 0 aliphatic heterocycles. The second-order valence-electron chi connectivity index (χ2n) is 7.11. The molecule has 1 amide bonds. The van der Waals surface area contributed by atoms with Crippen molar-refractivity contribution in [3.63, 3.8) is 0 Å². The lowest BCUT2D eigenvalue weighted by Crippen LogP contribution is -2.28. The van der Waals surface area contributed by atoms with Crippen molar-refractivity contribution in [1.29, 1.82) is 0 Å². The molecule has 9 nitrogen and oxygen atoms in total. The largest absolute Gasteiger partial charge is 0.461 e. The van der Waals surface area contributed by atoms with Crippen molar-refractivity contribution in [2.45, 2.75) is 20.4 Å². The Morgan fingerprint density at radius 3 is 2.75 bits per heavy atom. The van der Waals surface area contributed by atoms with Gasteiger partial charge in [0.05, 0.1) is 29.5 Å². The van der Waals surface area contributed by atoms with Gasteiger partial charge in [-0.05, 0) is 49.7 Å². The van der Waals surface area contributed by atoms with Gasteiger partial charge in [-0.15, -0.1) is 0 Å². The molecule has 162 valence electrons. The molecule has 9 heteroatoms. The fourth-order valence-corrected chi connectivity index (χ4v) is 3.31. The monoisotopic (exact) mass is 431 g/mol. The fourth-order valence-electron chi connectivity index (χ4n) is 3.31. The Morgan fingerprint density at radius 2 is 1.94 bits per heavy atom. The van der Waals surface area contributed by atoms with Crippen molar-refractivity contribution in [1.82, 2.24) is 19.3 Å². The summed E-state index contributed by atoms with van der Waals surface area (Å²) in [6, 6.07) is 13.9. The molecule has 0 unspecified atom stereocenters. The number of carbonyl (C=O) groups excluding carboxylic acids is 2. The van der Waals surface area contributed by atoms with E-state index in [1.165, 1.54) is 15.6 Å². The third-order valence-corrected chi connectivity index (χ3v) is 4.84. The van der Waals surface area contributed by atoms with Crippen LogP contribution in [0.3, 0.4) is 0 Å². The Morgan fingerprint density at radius 1 is 1.12 bits per heavy atom. The third-order valence-electron chi connectivity index (χ3n) is 4.84. The number of benzene rings is 2. The fraction of sp³-hybridized carbons (Fsp3) is 0.174. The molecule has 0 saturated heterocycles. The summed E-state index contributed by atoms with van der Waals surface area (Å²) in [6.45, 7) is 3.70. The van der Waals surface area contributed by atoms with Gasteiger partial charge in [-0.25, -0.2) is 14.5 Å². The molecule has 0 spiro atoms. The van der Waals surface area contributed by atoms with Crippen molar-refractivity contribution in [2.24, 2.45) is 0 Å². The number of nitrogens with zero attached hydrogens (tertiary/aromatic N) is 4. The van der Waals surface area contributed by atoms with Crippen LogP contribution >= 0.6 is 0 Å². The minimum atomic E-state index is -0.500. The zero-order valence-corrected chi connectivity index (χ0v) is 17.6. The number of esters is 1. The van der Waals surface area contributed by atoms with E-state index in [9.17, 15) is 14.4 Å². The summed E-state index contributed by atoms with van der Waals surface area (Å²) >= 11 is 0. The first-order valence-corrected chi connectivity index (χ1v) is 10.0. The van der Waals surface area contributed by atoms with E-state index >= 15 is 0 Å². The average molecular weight is 431 g/mol. The number of aryl methyl sites for hydroxylation is 1. The second-order valence-corrected chi connectivity index (χ2v) is 7.11. The number of anilines is 1. The minimum absolute atomic E-state index is 0.172. The number of nitrogens with one attached hydrogen (secondary N) is 1. The van der Waals surface area contributed by atoms with E-state index in [-0.39, 0.29) is 30.3 Å². The molecule has 32 heavy (non-hydrogen) atoms. The Kier molecular flexibility index (Phi) is 5.80. The predicted octanol–water partition coefficient (Wildman–Crippen LogP) is 2.71. The van der Waals surface area contributed by atoms with Crippen LogP contribution in [0.25, 0.3) is 16.6 Å². The molecular weight excluding hydrogens is 410 g/mol. The van der Waals surface area contributed by atoms with E-state index in [0.29, 0.717) is 22.3 Å². The number of para-hydroxylation sites is 1. The molecule has 2 aromatic heterocycles. The van der Waals surface area contributed by atoms with Crippen LogP contribution in [0.2, 0.25) is 0 Å². The van der Waals surface area contributed by atoms with Crippen molar-refractivity contribution in [3.05, 3.63) is 82.7 Å². The molecule has 0 bridgehead atoms. The maximum Gasteiger partial charge on any atom is 0.358 e. The summed E-state index contributed by atoms with van der Waals surface area (Å²) in [5.74, 6) is -0.869. The molecule has 4 rings (SSSR count). The highest BCUT2D eigenvalue weighted by atomic mass is 16.5. The molecule has 0 aliphatic rings. The van der Waals surface area contributed by atoms with Gasteiger partial charge in [0.25, 0.3) is 5.56 Å². The number of hydrogen-bond acceptors (Lipinski definition) is 6. The van der Waals surface area contributed by atoms with E-state index in [4.69, 9.17) is 4.74 Å². The number of ether oxygens (including phenoxy) is 1. The Balaban J connectivity index is 1.50. The van der Waals surface area contributed by atoms with Crippen molar-refractivity contribution >= 4 is 28.5 Å². The normalized spacial score (nSPS) is 10.8. The molecule has 0 saturated carbocycles. The molecule has 0 aliphatic carbocycles. The van der Waals surface area contributed by atoms with Crippen LogP contribution in [0.4, 0.5) is 5.69 Å². The van der Waals surface area contributed by atoms with E-state index in [1.54, 1.807) is 55.6 Å². The van der Waals surface area contributed by atoms with Gasteiger partial charge in [-0.3, -0.25) is 14.2 Å². The minimum Gasteiger partial charge on any atom is -0.461 e. The van der Waals surface area contributed by atoms with Crippen LogP contribution < -0.4 is 10.9 Å². The maximum absolute atomic E-state index is 12.7. The molecule has 0 atom stereocenters. The highest BCUT2D eigenvalue weighted by Gasteiger charge is 2.12. The number of hydrogen-bond donors (Lipinski definition) is 1. The maximum atomic E-state index is 12.7. The van der Waals surface area contributed by atoms with Crippen molar-refractivity contribution in [2.75, 3.05) is 11.9 Å². The Hall–Kier alpha value is -4.27. The topological polar surface area (TPSA) is 108 Å². The first-order chi connectivity index (χ1) is 15.5. The van der Waals surface area contributed by atoms with Gasteiger partial charge in [-0.1, -0.05) is 18.2 Å². The van der Waals surface area contributed by atoms with Gasteiger partial charge in [0, 0.05) is 11.9 Å². The molecule has 2 aromatic carbocycles.